The second-order valence-electron chi connectivity index (χ2n) is 7.13. The van der Waals surface area contributed by atoms with Crippen LogP contribution in [0.2, 0.25) is 0 Å². The lowest BCUT2D eigenvalue weighted by molar-refractivity contribution is 0.0951. The van der Waals surface area contributed by atoms with E-state index in [2.05, 4.69) is 15.5 Å². The molecule has 4 rings (SSSR count). The van der Waals surface area contributed by atoms with E-state index in [4.69, 9.17) is 9.15 Å². The number of benzene rings is 3. The van der Waals surface area contributed by atoms with Gasteiger partial charge in [0.1, 0.15) is 5.75 Å². The first-order valence-corrected chi connectivity index (χ1v) is 10.2. The van der Waals surface area contributed by atoms with Crippen molar-refractivity contribution >= 4 is 5.91 Å². The van der Waals surface area contributed by atoms with Crippen LogP contribution in [-0.4, -0.2) is 29.3 Å². The molecular weight excluding hydrogens is 390 g/mol. The molecule has 0 fully saturated rings. The van der Waals surface area contributed by atoms with Crippen LogP contribution in [0.4, 0.5) is 0 Å². The Morgan fingerprint density at radius 2 is 1.65 bits per heavy atom. The van der Waals surface area contributed by atoms with Gasteiger partial charge in [0.15, 0.2) is 0 Å². The highest BCUT2D eigenvalue weighted by Gasteiger charge is 2.12. The largest absolute Gasteiger partial charge is 0.494 e. The van der Waals surface area contributed by atoms with Gasteiger partial charge in [0, 0.05) is 23.2 Å². The summed E-state index contributed by atoms with van der Waals surface area (Å²) in [5, 5.41) is 11.2. The maximum atomic E-state index is 12.3. The second kappa shape index (κ2) is 9.71. The number of nitrogens with zero attached hydrogens (tertiary/aromatic N) is 2. The number of hydrogen-bond acceptors (Lipinski definition) is 5. The molecule has 0 saturated heterocycles. The Hall–Kier alpha value is -3.93. The van der Waals surface area contributed by atoms with Crippen LogP contribution in [0, 0.1) is 6.92 Å². The minimum absolute atomic E-state index is 0.128. The first-order valence-electron chi connectivity index (χ1n) is 10.2. The van der Waals surface area contributed by atoms with Crippen LogP contribution in [0.5, 0.6) is 5.75 Å². The molecule has 0 atom stereocenters. The Bertz CT molecular complexity index is 1140. The fourth-order valence-electron chi connectivity index (χ4n) is 3.08. The van der Waals surface area contributed by atoms with E-state index >= 15 is 0 Å². The highest BCUT2D eigenvalue weighted by atomic mass is 16.5. The van der Waals surface area contributed by atoms with Gasteiger partial charge in [0.2, 0.25) is 11.8 Å². The summed E-state index contributed by atoms with van der Waals surface area (Å²) in [4.78, 5) is 12.3. The summed E-state index contributed by atoms with van der Waals surface area (Å²) in [6, 6.07) is 24.6. The molecule has 1 aromatic heterocycles. The van der Waals surface area contributed by atoms with E-state index in [1.54, 1.807) is 24.3 Å². The molecular formula is C25H23N3O3. The average Bonchev–Trinajstić information content (AvgIpc) is 3.30. The first kappa shape index (κ1) is 20.3. The van der Waals surface area contributed by atoms with Gasteiger partial charge in [-0.2, -0.15) is 0 Å². The maximum Gasteiger partial charge on any atom is 0.251 e. The normalized spacial score (nSPS) is 10.6. The van der Waals surface area contributed by atoms with Crippen LogP contribution in [0.3, 0.4) is 0 Å². The fourth-order valence-corrected chi connectivity index (χ4v) is 3.08. The number of para-hydroxylation sites is 1. The Labute approximate surface area is 180 Å². The van der Waals surface area contributed by atoms with Gasteiger partial charge in [-0.15, -0.1) is 10.2 Å². The van der Waals surface area contributed by atoms with Crippen LogP contribution >= 0.6 is 0 Å². The van der Waals surface area contributed by atoms with Gasteiger partial charge in [0.05, 0.1) is 6.61 Å². The van der Waals surface area contributed by atoms with Crippen LogP contribution in [0.15, 0.2) is 83.3 Å². The SMILES string of the molecule is Cc1cccc(-c2nnc(-c3ccc(C(=O)NCCCOc4ccccc4)cc3)o2)c1. The van der Waals surface area contributed by atoms with E-state index in [-0.39, 0.29) is 5.91 Å². The smallest absolute Gasteiger partial charge is 0.251 e. The standard InChI is InChI=1S/C25H23N3O3/c1-18-7-5-8-21(17-18)25-28-27-24(31-25)20-13-11-19(12-14-20)23(29)26-15-6-16-30-22-9-3-2-4-10-22/h2-5,7-14,17H,6,15-16H2,1H3,(H,26,29). The Morgan fingerprint density at radius 1 is 0.903 bits per heavy atom. The van der Waals surface area contributed by atoms with Gasteiger partial charge in [-0.3, -0.25) is 4.79 Å². The van der Waals surface area contributed by atoms with Crippen molar-refractivity contribution in [2.24, 2.45) is 0 Å². The van der Waals surface area contributed by atoms with Crippen molar-refractivity contribution in [1.29, 1.82) is 0 Å². The summed E-state index contributed by atoms with van der Waals surface area (Å²) in [5.41, 5.74) is 3.34. The molecule has 4 aromatic rings. The van der Waals surface area contributed by atoms with Crippen LogP contribution in [0.25, 0.3) is 22.9 Å². The lowest BCUT2D eigenvalue weighted by atomic mass is 10.1. The molecule has 1 N–H and O–H groups in total. The van der Waals surface area contributed by atoms with Gasteiger partial charge in [-0.1, -0.05) is 35.9 Å². The number of carbonyl (C=O) groups is 1. The Balaban J connectivity index is 1.29. The highest BCUT2D eigenvalue weighted by molar-refractivity contribution is 5.94. The molecule has 0 aliphatic carbocycles. The van der Waals surface area contributed by atoms with Crippen LogP contribution < -0.4 is 10.1 Å². The summed E-state index contributed by atoms with van der Waals surface area (Å²) in [5.74, 6) is 1.59. The number of rotatable bonds is 8. The van der Waals surface area contributed by atoms with Crippen molar-refractivity contribution in [2.75, 3.05) is 13.2 Å². The summed E-state index contributed by atoms with van der Waals surface area (Å²) < 4.78 is 11.4. The van der Waals surface area contributed by atoms with E-state index in [1.165, 1.54) is 0 Å². The zero-order chi connectivity index (χ0) is 21.5. The van der Waals surface area contributed by atoms with Crippen LogP contribution in [0.1, 0.15) is 22.3 Å². The number of carbonyl (C=O) groups excluding carboxylic acids is 1. The third-order valence-electron chi connectivity index (χ3n) is 4.70. The molecule has 0 bridgehead atoms. The second-order valence-corrected chi connectivity index (χ2v) is 7.13. The highest BCUT2D eigenvalue weighted by Crippen LogP contribution is 2.24. The molecule has 0 unspecified atom stereocenters. The van der Waals surface area contributed by atoms with E-state index in [0.717, 1.165) is 28.9 Å². The molecule has 156 valence electrons. The predicted octanol–water partition coefficient (Wildman–Crippen LogP) is 4.91. The van der Waals surface area contributed by atoms with Gasteiger partial charge in [-0.25, -0.2) is 0 Å². The number of aromatic nitrogens is 2. The van der Waals surface area contributed by atoms with Gasteiger partial charge in [0.25, 0.3) is 5.91 Å². The van der Waals surface area contributed by atoms with Crippen molar-refractivity contribution < 1.29 is 13.9 Å². The van der Waals surface area contributed by atoms with Gasteiger partial charge in [-0.05, 0) is 61.9 Å². The lowest BCUT2D eigenvalue weighted by Crippen LogP contribution is -2.25. The van der Waals surface area contributed by atoms with Crippen LogP contribution in [-0.2, 0) is 0 Å². The van der Waals surface area contributed by atoms with E-state index < -0.39 is 0 Å². The minimum Gasteiger partial charge on any atom is -0.494 e. The fraction of sp³-hybridized carbons (Fsp3) is 0.160. The quantitative estimate of drug-likeness (QED) is 0.415. The molecule has 3 aromatic carbocycles. The van der Waals surface area contributed by atoms with Gasteiger partial charge < -0.3 is 14.5 Å². The molecule has 31 heavy (non-hydrogen) atoms. The number of ether oxygens (including phenoxy) is 1. The Morgan fingerprint density at radius 3 is 2.39 bits per heavy atom. The zero-order valence-electron chi connectivity index (χ0n) is 17.2. The summed E-state index contributed by atoms with van der Waals surface area (Å²) in [7, 11) is 0. The molecule has 0 radical (unpaired) electrons. The third-order valence-corrected chi connectivity index (χ3v) is 4.70. The summed E-state index contributed by atoms with van der Waals surface area (Å²) in [6.45, 7) is 3.10. The topological polar surface area (TPSA) is 77.2 Å². The third kappa shape index (κ3) is 5.36. The monoisotopic (exact) mass is 413 g/mol. The lowest BCUT2D eigenvalue weighted by Gasteiger charge is -2.07. The maximum absolute atomic E-state index is 12.3. The van der Waals surface area contributed by atoms with Crippen molar-refractivity contribution in [1.82, 2.24) is 15.5 Å². The van der Waals surface area contributed by atoms with E-state index in [9.17, 15) is 4.79 Å². The molecule has 0 aliphatic heterocycles. The number of nitrogens with one attached hydrogen (secondary N) is 1. The minimum atomic E-state index is -0.128. The Kier molecular flexibility index (Phi) is 6.38. The molecule has 1 amide bonds. The summed E-state index contributed by atoms with van der Waals surface area (Å²) >= 11 is 0. The average molecular weight is 413 g/mol. The number of hydrogen-bond donors (Lipinski definition) is 1. The molecule has 0 aliphatic rings. The zero-order valence-corrected chi connectivity index (χ0v) is 17.2. The van der Waals surface area contributed by atoms with Crippen molar-refractivity contribution in [3.63, 3.8) is 0 Å². The van der Waals surface area contributed by atoms with Crippen molar-refractivity contribution in [3.05, 3.63) is 90.0 Å². The summed E-state index contributed by atoms with van der Waals surface area (Å²) in [6.07, 6.45) is 0.725. The molecule has 0 spiro atoms. The predicted molar refractivity (Wildman–Crippen MR) is 119 cm³/mol. The van der Waals surface area contributed by atoms with Crippen molar-refractivity contribution in [3.8, 4) is 28.7 Å². The molecule has 0 saturated carbocycles. The number of amides is 1. The first-order chi connectivity index (χ1) is 15.2. The number of aryl methyl sites for hydroxylation is 1. The molecule has 1 heterocycles. The van der Waals surface area contributed by atoms with Gasteiger partial charge >= 0.3 is 0 Å². The van der Waals surface area contributed by atoms with E-state index in [0.29, 0.717) is 30.5 Å². The van der Waals surface area contributed by atoms with E-state index in [1.807, 2.05) is 61.5 Å². The molecule has 6 nitrogen and oxygen atoms in total. The van der Waals surface area contributed by atoms with Crippen molar-refractivity contribution in [2.45, 2.75) is 13.3 Å². The molecule has 6 heteroatoms.